The van der Waals surface area contributed by atoms with Crippen LogP contribution in [0.25, 0.3) is 10.2 Å². The van der Waals surface area contributed by atoms with Crippen LogP contribution in [-0.2, 0) is 0 Å². The van der Waals surface area contributed by atoms with Gasteiger partial charge in [-0.05, 0) is 44.5 Å². The van der Waals surface area contributed by atoms with Gasteiger partial charge in [0, 0.05) is 12.6 Å². The lowest BCUT2D eigenvalue weighted by molar-refractivity contribution is 0.315. The predicted octanol–water partition coefficient (Wildman–Crippen LogP) is 2.56. The Bertz CT molecular complexity index is 563. The summed E-state index contributed by atoms with van der Waals surface area (Å²) in [5, 5.41) is 1.15. The Morgan fingerprint density at radius 3 is 3.06 bits per heavy atom. The number of aromatic nitrogens is 1. The van der Waals surface area contributed by atoms with Gasteiger partial charge in [-0.25, -0.2) is 4.98 Å². The zero-order chi connectivity index (χ0) is 12.7. The number of thiazole rings is 1. The van der Waals surface area contributed by atoms with E-state index in [4.69, 9.17) is 5.73 Å². The van der Waals surface area contributed by atoms with Crippen molar-refractivity contribution in [2.45, 2.75) is 19.4 Å². The van der Waals surface area contributed by atoms with Gasteiger partial charge in [0.1, 0.15) is 0 Å². The number of nitrogens with two attached hydrogens (primary N) is 1. The highest BCUT2D eigenvalue weighted by molar-refractivity contribution is 7.18. The molecule has 1 aromatic heterocycles. The Morgan fingerprint density at radius 1 is 1.50 bits per heavy atom. The summed E-state index contributed by atoms with van der Waals surface area (Å²) in [6, 6.07) is 6.99. The summed E-state index contributed by atoms with van der Waals surface area (Å²) in [5.41, 5.74) is 8.38. The van der Waals surface area contributed by atoms with Crippen LogP contribution in [0.1, 0.15) is 23.0 Å². The summed E-state index contributed by atoms with van der Waals surface area (Å²) in [5.74, 6) is 0.629. The summed E-state index contributed by atoms with van der Waals surface area (Å²) in [4.78, 5) is 7.02. The lowest BCUT2D eigenvalue weighted by Crippen LogP contribution is -2.20. The third-order valence-corrected chi connectivity index (χ3v) is 4.92. The number of likely N-dealkylation sites (tertiary alicyclic amines) is 1. The van der Waals surface area contributed by atoms with Crippen LogP contribution < -0.4 is 5.73 Å². The summed E-state index contributed by atoms with van der Waals surface area (Å²) >= 11 is 1.81. The molecule has 1 aliphatic rings. The van der Waals surface area contributed by atoms with E-state index in [2.05, 4.69) is 42.1 Å². The monoisotopic (exact) mass is 261 g/mol. The van der Waals surface area contributed by atoms with Gasteiger partial charge < -0.3 is 5.73 Å². The van der Waals surface area contributed by atoms with Crippen molar-refractivity contribution in [2.24, 2.45) is 11.7 Å². The second-order valence-electron chi connectivity index (χ2n) is 5.22. The van der Waals surface area contributed by atoms with Crippen molar-refractivity contribution >= 4 is 21.6 Å². The molecule has 1 aliphatic heterocycles. The average molecular weight is 261 g/mol. The molecule has 96 valence electrons. The van der Waals surface area contributed by atoms with E-state index < -0.39 is 0 Å². The molecule has 0 amide bonds. The van der Waals surface area contributed by atoms with Crippen LogP contribution in [-0.4, -0.2) is 30.0 Å². The first-order chi connectivity index (χ1) is 8.69. The van der Waals surface area contributed by atoms with Crippen LogP contribution in [0, 0.1) is 12.8 Å². The molecule has 1 aromatic carbocycles. The number of hydrogen-bond donors (Lipinski definition) is 1. The fourth-order valence-electron chi connectivity index (χ4n) is 2.98. The van der Waals surface area contributed by atoms with Crippen molar-refractivity contribution in [1.82, 2.24) is 9.88 Å². The van der Waals surface area contributed by atoms with E-state index in [0.29, 0.717) is 12.0 Å². The van der Waals surface area contributed by atoms with Crippen molar-refractivity contribution < 1.29 is 0 Å². The normalized spacial score (nSPS) is 25.1. The molecular weight excluding hydrogens is 242 g/mol. The minimum absolute atomic E-state index is 0.502. The Labute approximate surface area is 112 Å². The Kier molecular flexibility index (Phi) is 3.09. The van der Waals surface area contributed by atoms with E-state index in [-0.39, 0.29) is 0 Å². The summed E-state index contributed by atoms with van der Waals surface area (Å²) in [6.07, 6.45) is 1.17. The Balaban J connectivity index is 2.04. The van der Waals surface area contributed by atoms with E-state index in [1.807, 2.05) is 11.3 Å². The van der Waals surface area contributed by atoms with Gasteiger partial charge >= 0.3 is 0 Å². The molecule has 1 saturated heterocycles. The van der Waals surface area contributed by atoms with Crippen molar-refractivity contribution in [1.29, 1.82) is 0 Å². The quantitative estimate of drug-likeness (QED) is 0.903. The summed E-state index contributed by atoms with van der Waals surface area (Å²) in [7, 11) is 2.20. The van der Waals surface area contributed by atoms with Gasteiger partial charge in [-0.1, -0.05) is 12.1 Å². The van der Waals surface area contributed by atoms with Crippen molar-refractivity contribution in [3.8, 4) is 0 Å². The molecule has 2 N–H and O–H groups in total. The molecule has 18 heavy (non-hydrogen) atoms. The second kappa shape index (κ2) is 4.61. The molecule has 2 unspecified atom stereocenters. The molecule has 3 rings (SSSR count). The molecule has 2 atom stereocenters. The third kappa shape index (κ3) is 1.94. The lowest BCUT2D eigenvalue weighted by atomic mass is 10.00. The van der Waals surface area contributed by atoms with E-state index in [1.54, 1.807) is 0 Å². The molecule has 3 nitrogen and oxygen atoms in total. The minimum atomic E-state index is 0.502. The third-order valence-electron chi connectivity index (χ3n) is 3.88. The number of benzene rings is 1. The fourth-order valence-corrected chi connectivity index (χ4v) is 3.96. The maximum atomic E-state index is 5.82. The van der Waals surface area contributed by atoms with Crippen molar-refractivity contribution in [3.05, 3.63) is 28.8 Å². The molecular formula is C14H19N3S. The number of rotatable bonds is 2. The Hall–Kier alpha value is -0.970. The highest BCUT2D eigenvalue weighted by Gasteiger charge is 2.31. The van der Waals surface area contributed by atoms with Gasteiger partial charge in [-0.2, -0.15) is 0 Å². The smallest absolute Gasteiger partial charge is 0.0907 e. The molecule has 0 radical (unpaired) electrons. The highest BCUT2D eigenvalue weighted by atomic mass is 32.1. The molecule has 2 aromatic rings. The molecule has 4 heteroatoms. The van der Waals surface area contributed by atoms with E-state index in [1.165, 1.54) is 16.7 Å². The van der Waals surface area contributed by atoms with E-state index in [0.717, 1.165) is 23.6 Å². The first-order valence-electron chi connectivity index (χ1n) is 6.45. The number of nitrogens with zero attached hydrogens (tertiary/aromatic N) is 2. The number of fused-ring (bicyclic) bond motifs is 1. The predicted molar refractivity (Wildman–Crippen MR) is 76.9 cm³/mol. The van der Waals surface area contributed by atoms with Crippen molar-refractivity contribution in [3.63, 3.8) is 0 Å². The zero-order valence-corrected chi connectivity index (χ0v) is 11.7. The van der Waals surface area contributed by atoms with Crippen LogP contribution in [0.15, 0.2) is 18.2 Å². The molecule has 1 fully saturated rings. The number of aryl methyl sites for hydroxylation is 1. The van der Waals surface area contributed by atoms with Gasteiger partial charge in [-0.3, -0.25) is 4.90 Å². The number of hydrogen-bond acceptors (Lipinski definition) is 4. The topological polar surface area (TPSA) is 42.1 Å². The summed E-state index contributed by atoms with van der Waals surface area (Å²) in [6.45, 7) is 3.98. The van der Waals surface area contributed by atoms with Gasteiger partial charge in [0.05, 0.1) is 15.2 Å². The largest absolute Gasteiger partial charge is 0.330 e. The Morgan fingerprint density at radius 2 is 2.33 bits per heavy atom. The minimum Gasteiger partial charge on any atom is -0.330 e. The van der Waals surface area contributed by atoms with Crippen molar-refractivity contribution in [2.75, 3.05) is 20.1 Å². The van der Waals surface area contributed by atoms with E-state index >= 15 is 0 Å². The van der Waals surface area contributed by atoms with Crippen LogP contribution >= 0.6 is 11.3 Å². The average Bonchev–Trinajstić information content (AvgIpc) is 2.90. The second-order valence-corrected chi connectivity index (χ2v) is 6.42. The van der Waals surface area contributed by atoms with Crippen LogP contribution in [0.4, 0.5) is 0 Å². The molecule has 0 saturated carbocycles. The molecule has 0 spiro atoms. The first kappa shape index (κ1) is 12.1. The fraction of sp³-hybridized carbons (Fsp3) is 0.500. The SMILES string of the molecule is Cc1nc2cccc(C3CC(CN)CN3C)c2s1. The van der Waals surface area contributed by atoms with Gasteiger partial charge in [0.15, 0.2) is 0 Å². The maximum absolute atomic E-state index is 5.82. The standard InChI is InChI=1S/C14H19N3S/c1-9-16-12-5-3-4-11(14(12)18-9)13-6-10(7-15)8-17(13)2/h3-5,10,13H,6-8,15H2,1-2H3. The van der Waals surface area contributed by atoms with Gasteiger partial charge in [0.2, 0.25) is 0 Å². The van der Waals surface area contributed by atoms with Gasteiger partial charge in [0.25, 0.3) is 0 Å². The van der Waals surface area contributed by atoms with Crippen LogP contribution in [0.2, 0.25) is 0 Å². The maximum Gasteiger partial charge on any atom is 0.0907 e. The summed E-state index contributed by atoms with van der Waals surface area (Å²) < 4.78 is 1.35. The highest BCUT2D eigenvalue weighted by Crippen LogP contribution is 2.38. The van der Waals surface area contributed by atoms with Gasteiger partial charge in [-0.15, -0.1) is 11.3 Å². The van der Waals surface area contributed by atoms with Crippen LogP contribution in [0.5, 0.6) is 0 Å². The molecule has 0 aliphatic carbocycles. The van der Waals surface area contributed by atoms with E-state index in [9.17, 15) is 0 Å². The first-order valence-corrected chi connectivity index (χ1v) is 7.27. The lowest BCUT2D eigenvalue weighted by Gasteiger charge is -2.19. The van der Waals surface area contributed by atoms with Crippen LogP contribution in [0.3, 0.4) is 0 Å². The molecule has 0 bridgehead atoms. The molecule has 2 heterocycles. The zero-order valence-electron chi connectivity index (χ0n) is 10.9.